The highest BCUT2D eigenvalue weighted by Gasteiger charge is 2.24. The number of ketones is 1. The van der Waals surface area contributed by atoms with E-state index < -0.39 is 0 Å². The molecule has 2 nitrogen and oxygen atoms in total. The Morgan fingerprint density at radius 3 is 2.00 bits per heavy atom. The Balaban J connectivity index is 2.80. The van der Waals surface area contributed by atoms with Crippen molar-refractivity contribution in [2.45, 2.75) is 46.7 Å². The van der Waals surface area contributed by atoms with E-state index in [1.165, 1.54) is 5.56 Å². The largest absolute Gasteiger partial charge is 0.294 e. The van der Waals surface area contributed by atoms with Crippen molar-refractivity contribution in [2.75, 3.05) is 7.05 Å². The fraction of sp³-hybridized carbons (Fsp3) is 0.562. The van der Waals surface area contributed by atoms with Crippen LogP contribution in [0.3, 0.4) is 0 Å². The van der Waals surface area contributed by atoms with Crippen LogP contribution in [0.15, 0.2) is 24.3 Å². The lowest BCUT2D eigenvalue weighted by Gasteiger charge is -2.32. The van der Waals surface area contributed by atoms with E-state index in [9.17, 15) is 4.79 Å². The van der Waals surface area contributed by atoms with Gasteiger partial charge in [0.1, 0.15) is 0 Å². The van der Waals surface area contributed by atoms with Crippen LogP contribution < -0.4 is 0 Å². The van der Waals surface area contributed by atoms with Gasteiger partial charge in [-0.1, -0.05) is 43.7 Å². The molecule has 0 saturated heterocycles. The van der Waals surface area contributed by atoms with Gasteiger partial charge in [-0.25, -0.2) is 0 Å². The molecule has 2 unspecified atom stereocenters. The maximum Gasteiger partial charge on any atom is 0.179 e. The molecule has 0 bridgehead atoms. The smallest absolute Gasteiger partial charge is 0.179 e. The third kappa shape index (κ3) is 3.42. The third-order valence-corrected chi connectivity index (χ3v) is 3.93. The molecule has 0 radical (unpaired) electrons. The minimum absolute atomic E-state index is 0.0786. The Morgan fingerprint density at radius 2 is 1.56 bits per heavy atom. The summed E-state index contributed by atoms with van der Waals surface area (Å²) in [6, 6.07) is 8.14. The van der Waals surface area contributed by atoms with Crippen LogP contribution in [0.1, 0.15) is 43.6 Å². The topological polar surface area (TPSA) is 20.3 Å². The maximum absolute atomic E-state index is 12.4. The Kier molecular flexibility index (Phi) is 5.09. The second-order valence-corrected chi connectivity index (χ2v) is 5.56. The van der Waals surface area contributed by atoms with E-state index in [0.717, 1.165) is 5.56 Å². The summed E-state index contributed by atoms with van der Waals surface area (Å²) in [5.74, 6) is 0.744. The highest BCUT2D eigenvalue weighted by Crippen LogP contribution is 2.15. The summed E-state index contributed by atoms with van der Waals surface area (Å²) < 4.78 is 0. The van der Waals surface area contributed by atoms with Crippen LogP contribution in [0.25, 0.3) is 0 Å². The van der Waals surface area contributed by atoms with Gasteiger partial charge in [0.25, 0.3) is 0 Å². The number of rotatable bonds is 5. The summed E-state index contributed by atoms with van der Waals surface area (Å²) in [6.45, 7) is 10.6. The molecular formula is C16H25NO. The summed E-state index contributed by atoms with van der Waals surface area (Å²) in [7, 11) is 2.03. The highest BCUT2D eigenvalue weighted by atomic mass is 16.1. The van der Waals surface area contributed by atoms with Crippen molar-refractivity contribution in [2.24, 2.45) is 5.92 Å². The van der Waals surface area contributed by atoms with Gasteiger partial charge in [-0.15, -0.1) is 0 Å². The lowest BCUT2D eigenvalue weighted by molar-refractivity contribution is 0.0791. The predicted octanol–water partition coefficient (Wildman–Crippen LogP) is 3.54. The average molecular weight is 247 g/mol. The van der Waals surface area contributed by atoms with Crippen molar-refractivity contribution in [3.63, 3.8) is 0 Å². The molecule has 0 saturated carbocycles. The molecule has 2 atom stereocenters. The minimum Gasteiger partial charge on any atom is -0.294 e. The molecule has 0 heterocycles. The Bertz CT molecular complexity index is 394. The van der Waals surface area contributed by atoms with Crippen molar-refractivity contribution in [1.29, 1.82) is 0 Å². The van der Waals surface area contributed by atoms with Crippen molar-refractivity contribution in [3.8, 4) is 0 Å². The van der Waals surface area contributed by atoms with Gasteiger partial charge in [-0.3, -0.25) is 9.69 Å². The number of carbonyl (C=O) groups excluding carboxylic acids is 1. The first-order chi connectivity index (χ1) is 8.34. The Labute approximate surface area is 111 Å². The lowest BCUT2D eigenvalue weighted by atomic mass is 9.99. The highest BCUT2D eigenvalue weighted by molar-refractivity contribution is 5.99. The summed E-state index contributed by atoms with van der Waals surface area (Å²) in [5.41, 5.74) is 1.99. The van der Waals surface area contributed by atoms with E-state index in [4.69, 9.17) is 0 Å². The van der Waals surface area contributed by atoms with Crippen LogP contribution in [0.2, 0.25) is 0 Å². The van der Waals surface area contributed by atoms with Gasteiger partial charge in [0.2, 0.25) is 0 Å². The molecule has 18 heavy (non-hydrogen) atoms. The van der Waals surface area contributed by atoms with Gasteiger partial charge >= 0.3 is 0 Å². The van der Waals surface area contributed by atoms with Crippen LogP contribution in [0, 0.1) is 12.8 Å². The van der Waals surface area contributed by atoms with E-state index in [0.29, 0.717) is 12.0 Å². The number of hydrogen-bond acceptors (Lipinski definition) is 2. The molecule has 0 N–H and O–H groups in total. The molecule has 100 valence electrons. The first kappa shape index (κ1) is 14.9. The summed E-state index contributed by atoms with van der Waals surface area (Å²) in [4.78, 5) is 14.5. The first-order valence-corrected chi connectivity index (χ1v) is 6.67. The van der Waals surface area contributed by atoms with Gasteiger partial charge in [-0.05, 0) is 33.7 Å². The van der Waals surface area contributed by atoms with E-state index in [1.54, 1.807) is 0 Å². The lowest BCUT2D eigenvalue weighted by Crippen LogP contribution is -2.43. The average Bonchev–Trinajstić information content (AvgIpc) is 2.36. The third-order valence-electron chi connectivity index (χ3n) is 3.93. The fourth-order valence-electron chi connectivity index (χ4n) is 1.97. The second kappa shape index (κ2) is 6.14. The van der Waals surface area contributed by atoms with Crippen LogP contribution in [0.5, 0.6) is 0 Å². The zero-order valence-electron chi connectivity index (χ0n) is 12.4. The van der Waals surface area contributed by atoms with Crippen molar-refractivity contribution >= 4 is 5.78 Å². The zero-order valence-corrected chi connectivity index (χ0v) is 12.4. The predicted molar refractivity (Wildman–Crippen MR) is 77.0 cm³/mol. The summed E-state index contributed by atoms with van der Waals surface area (Å²) >= 11 is 0. The molecule has 0 aliphatic heterocycles. The van der Waals surface area contributed by atoms with Gasteiger partial charge in [0.05, 0.1) is 6.04 Å². The number of carbonyl (C=O) groups is 1. The van der Waals surface area contributed by atoms with Crippen LogP contribution in [-0.4, -0.2) is 29.8 Å². The van der Waals surface area contributed by atoms with E-state index >= 15 is 0 Å². The molecular weight excluding hydrogens is 222 g/mol. The van der Waals surface area contributed by atoms with Crippen molar-refractivity contribution < 1.29 is 4.79 Å². The molecule has 0 aromatic heterocycles. The molecule has 0 amide bonds. The Hall–Kier alpha value is -1.15. The SMILES string of the molecule is Cc1ccc(C(=O)C(C)N(C)C(C)C(C)C)cc1. The van der Waals surface area contributed by atoms with Crippen molar-refractivity contribution in [3.05, 3.63) is 35.4 Å². The van der Waals surface area contributed by atoms with Crippen LogP contribution in [-0.2, 0) is 0 Å². The van der Waals surface area contributed by atoms with Gasteiger partial charge in [0, 0.05) is 11.6 Å². The standard InChI is InChI=1S/C16H25NO/c1-11(2)13(4)17(6)14(5)16(18)15-9-7-12(3)8-10-15/h7-11,13-14H,1-6H3. The molecule has 1 rings (SSSR count). The van der Waals surface area contributed by atoms with Gasteiger partial charge < -0.3 is 0 Å². The molecule has 0 aliphatic carbocycles. The number of Topliss-reactive ketones (excluding diaryl/α,β-unsaturated/α-hetero) is 1. The molecule has 2 heteroatoms. The van der Waals surface area contributed by atoms with Crippen LogP contribution >= 0.6 is 0 Å². The molecule has 0 aliphatic rings. The second-order valence-electron chi connectivity index (χ2n) is 5.56. The van der Waals surface area contributed by atoms with E-state index in [-0.39, 0.29) is 11.8 Å². The monoisotopic (exact) mass is 247 g/mol. The van der Waals surface area contributed by atoms with Crippen LogP contribution in [0.4, 0.5) is 0 Å². The number of hydrogen-bond donors (Lipinski definition) is 0. The number of likely N-dealkylation sites (N-methyl/N-ethyl adjacent to an activating group) is 1. The van der Waals surface area contributed by atoms with Gasteiger partial charge in [-0.2, -0.15) is 0 Å². The quantitative estimate of drug-likeness (QED) is 0.742. The summed E-state index contributed by atoms with van der Waals surface area (Å²) in [6.07, 6.45) is 0. The summed E-state index contributed by atoms with van der Waals surface area (Å²) in [5, 5.41) is 0. The zero-order chi connectivity index (χ0) is 13.9. The van der Waals surface area contributed by atoms with E-state index in [1.807, 2.05) is 45.2 Å². The fourth-order valence-corrected chi connectivity index (χ4v) is 1.97. The number of aryl methyl sites for hydroxylation is 1. The number of benzene rings is 1. The number of nitrogens with zero attached hydrogens (tertiary/aromatic N) is 1. The maximum atomic E-state index is 12.4. The molecule has 1 aromatic rings. The Morgan fingerprint density at radius 1 is 1.06 bits per heavy atom. The van der Waals surface area contributed by atoms with E-state index in [2.05, 4.69) is 25.7 Å². The molecule has 0 spiro atoms. The first-order valence-electron chi connectivity index (χ1n) is 6.67. The molecule has 0 fully saturated rings. The van der Waals surface area contributed by atoms with Gasteiger partial charge in [0.15, 0.2) is 5.78 Å². The minimum atomic E-state index is -0.0786. The molecule has 1 aromatic carbocycles. The van der Waals surface area contributed by atoms with Crippen molar-refractivity contribution in [1.82, 2.24) is 4.90 Å². The normalized spacial score (nSPS) is 14.9.